The van der Waals surface area contributed by atoms with Crippen molar-refractivity contribution in [3.63, 3.8) is 0 Å². The van der Waals surface area contributed by atoms with Gasteiger partial charge in [0.2, 0.25) is 0 Å². The molecule has 0 saturated heterocycles. The molecule has 97 valence electrons. The minimum Gasteiger partial charge on any atom is -0.317 e. The van der Waals surface area contributed by atoms with Crippen LogP contribution in [0.15, 0.2) is 0 Å². The molecule has 0 aliphatic rings. The van der Waals surface area contributed by atoms with Crippen LogP contribution in [0.1, 0.15) is 58.3 Å². The fourth-order valence-electron chi connectivity index (χ4n) is 1.69. The highest BCUT2D eigenvalue weighted by Crippen LogP contribution is 1.96. The van der Waals surface area contributed by atoms with Crippen LogP contribution in [0, 0.1) is 6.92 Å². The van der Waals surface area contributed by atoms with Crippen molar-refractivity contribution in [2.45, 2.75) is 58.3 Å². The van der Waals surface area contributed by atoms with Gasteiger partial charge in [-0.2, -0.15) is 0 Å². The van der Waals surface area contributed by atoms with E-state index in [0.29, 0.717) is 0 Å². The molecule has 0 aromatic carbocycles. The number of hydrogen-bond donors (Lipinski definition) is 2. The van der Waals surface area contributed by atoms with E-state index < -0.39 is 0 Å². The Balaban J connectivity index is 2.83. The third kappa shape index (κ3) is 13.9. The predicted molar refractivity (Wildman–Crippen MR) is 73.7 cm³/mol. The van der Waals surface area contributed by atoms with Crippen molar-refractivity contribution in [3.8, 4) is 0 Å². The highest BCUT2D eigenvalue weighted by atomic mass is 14.9. The Labute approximate surface area is 103 Å². The minimum atomic E-state index is 1.07. The van der Waals surface area contributed by atoms with Crippen molar-refractivity contribution in [1.29, 1.82) is 0 Å². The molecule has 0 unspecified atom stereocenters. The molecule has 0 aromatic heterocycles. The summed E-state index contributed by atoms with van der Waals surface area (Å²) in [6.45, 7) is 10.8. The number of nitrogens with one attached hydrogen (secondary N) is 2. The average Bonchev–Trinajstić information content (AvgIpc) is 2.31. The summed E-state index contributed by atoms with van der Waals surface area (Å²) in [5.41, 5.74) is 0. The van der Waals surface area contributed by atoms with Crippen LogP contribution in [0.3, 0.4) is 0 Å². The van der Waals surface area contributed by atoms with Crippen molar-refractivity contribution < 1.29 is 0 Å². The maximum absolute atomic E-state index is 3.84. The van der Waals surface area contributed by atoms with E-state index in [1.54, 1.807) is 0 Å². The van der Waals surface area contributed by atoms with Crippen LogP contribution in [0.2, 0.25) is 0 Å². The predicted octanol–water partition coefficient (Wildman–Crippen LogP) is 3.14. The molecule has 0 atom stereocenters. The number of unbranched alkanes of at least 4 members (excludes halogenated alkanes) is 5. The molecule has 16 heavy (non-hydrogen) atoms. The molecule has 2 N–H and O–H groups in total. The first-order chi connectivity index (χ1) is 7.91. The van der Waals surface area contributed by atoms with E-state index in [1.165, 1.54) is 51.5 Å². The molecular weight excluding hydrogens is 196 g/mol. The summed E-state index contributed by atoms with van der Waals surface area (Å²) in [4.78, 5) is 0. The van der Waals surface area contributed by atoms with Gasteiger partial charge in [-0.25, -0.2) is 0 Å². The Morgan fingerprint density at radius 3 is 1.81 bits per heavy atom. The molecule has 0 aliphatic carbocycles. The summed E-state index contributed by atoms with van der Waals surface area (Å²) in [6.07, 6.45) is 10.3. The van der Waals surface area contributed by atoms with Gasteiger partial charge in [0.15, 0.2) is 0 Å². The maximum atomic E-state index is 3.84. The molecule has 0 aromatic rings. The van der Waals surface area contributed by atoms with Gasteiger partial charge in [0.1, 0.15) is 0 Å². The van der Waals surface area contributed by atoms with E-state index in [2.05, 4.69) is 24.5 Å². The van der Waals surface area contributed by atoms with Crippen LogP contribution in [0.25, 0.3) is 0 Å². The summed E-state index contributed by atoms with van der Waals surface area (Å²) in [5, 5.41) is 6.96. The van der Waals surface area contributed by atoms with Crippen LogP contribution in [0.4, 0.5) is 0 Å². The average molecular weight is 227 g/mol. The standard InChI is InChI=1S/C14H31N2/c1-3-5-7-9-12-16-14-10-13-15-11-8-6-4-2/h15-16H,2-14H2,1H3. The summed E-state index contributed by atoms with van der Waals surface area (Å²) < 4.78 is 0. The monoisotopic (exact) mass is 227 g/mol. The van der Waals surface area contributed by atoms with E-state index >= 15 is 0 Å². The smallest absolute Gasteiger partial charge is 0.00368 e. The summed E-state index contributed by atoms with van der Waals surface area (Å²) >= 11 is 0. The first kappa shape index (κ1) is 15.9. The van der Waals surface area contributed by atoms with Crippen molar-refractivity contribution in [2.24, 2.45) is 0 Å². The Morgan fingerprint density at radius 2 is 1.25 bits per heavy atom. The van der Waals surface area contributed by atoms with Gasteiger partial charge in [-0.1, -0.05) is 46.0 Å². The van der Waals surface area contributed by atoms with E-state index in [-0.39, 0.29) is 0 Å². The molecule has 0 bridgehead atoms. The lowest BCUT2D eigenvalue weighted by molar-refractivity contribution is 0.556. The van der Waals surface area contributed by atoms with E-state index in [4.69, 9.17) is 0 Å². The zero-order valence-electron chi connectivity index (χ0n) is 11.2. The first-order valence-electron chi connectivity index (χ1n) is 7.12. The van der Waals surface area contributed by atoms with Gasteiger partial charge in [-0.15, -0.1) is 0 Å². The van der Waals surface area contributed by atoms with Crippen LogP contribution < -0.4 is 10.6 Å². The molecule has 2 nitrogen and oxygen atoms in total. The first-order valence-corrected chi connectivity index (χ1v) is 7.12. The summed E-state index contributed by atoms with van der Waals surface area (Å²) in [5.74, 6) is 0. The second-order valence-corrected chi connectivity index (χ2v) is 4.47. The van der Waals surface area contributed by atoms with Crippen LogP contribution in [0.5, 0.6) is 0 Å². The lowest BCUT2D eigenvalue weighted by Gasteiger charge is -2.06. The number of rotatable bonds is 13. The summed E-state index contributed by atoms with van der Waals surface area (Å²) in [6, 6.07) is 0. The zero-order valence-corrected chi connectivity index (χ0v) is 11.2. The van der Waals surface area contributed by atoms with Crippen LogP contribution in [-0.4, -0.2) is 26.2 Å². The Bertz CT molecular complexity index is 101. The van der Waals surface area contributed by atoms with Crippen molar-refractivity contribution in [1.82, 2.24) is 10.6 Å². The molecule has 0 fully saturated rings. The second kappa shape index (κ2) is 14.9. The Hall–Kier alpha value is -0.0800. The molecule has 2 heteroatoms. The van der Waals surface area contributed by atoms with E-state index in [9.17, 15) is 0 Å². The zero-order chi connectivity index (χ0) is 11.9. The quantitative estimate of drug-likeness (QED) is 0.472. The normalized spacial score (nSPS) is 10.9. The van der Waals surface area contributed by atoms with E-state index in [1.807, 2.05) is 0 Å². The van der Waals surface area contributed by atoms with Crippen LogP contribution >= 0.6 is 0 Å². The van der Waals surface area contributed by atoms with Crippen molar-refractivity contribution in [3.05, 3.63) is 6.92 Å². The highest BCUT2D eigenvalue weighted by molar-refractivity contribution is 4.53. The SMILES string of the molecule is [CH2]CCCCNCCCNCCCCCC. The molecule has 0 amide bonds. The minimum absolute atomic E-state index is 1.07. The molecular formula is C14H31N2. The van der Waals surface area contributed by atoms with E-state index in [0.717, 1.165) is 26.1 Å². The molecule has 0 aliphatic heterocycles. The Morgan fingerprint density at radius 1 is 0.688 bits per heavy atom. The fourth-order valence-corrected chi connectivity index (χ4v) is 1.69. The van der Waals surface area contributed by atoms with Gasteiger partial charge >= 0.3 is 0 Å². The third-order valence-electron chi connectivity index (χ3n) is 2.77. The molecule has 0 saturated carbocycles. The second-order valence-electron chi connectivity index (χ2n) is 4.47. The van der Waals surface area contributed by atoms with Gasteiger partial charge < -0.3 is 10.6 Å². The lowest BCUT2D eigenvalue weighted by atomic mass is 10.2. The van der Waals surface area contributed by atoms with Gasteiger partial charge in [-0.05, 0) is 45.4 Å². The van der Waals surface area contributed by atoms with Gasteiger partial charge in [-0.3, -0.25) is 0 Å². The highest BCUT2D eigenvalue weighted by Gasteiger charge is 1.90. The number of hydrogen-bond acceptors (Lipinski definition) is 2. The molecule has 0 heterocycles. The van der Waals surface area contributed by atoms with Gasteiger partial charge in [0.05, 0.1) is 0 Å². The van der Waals surface area contributed by atoms with Crippen molar-refractivity contribution >= 4 is 0 Å². The lowest BCUT2D eigenvalue weighted by Crippen LogP contribution is -2.23. The van der Waals surface area contributed by atoms with Gasteiger partial charge in [0.25, 0.3) is 0 Å². The van der Waals surface area contributed by atoms with Crippen LogP contribution in [-0.2, 0) is 0 Å². The Kier molecular flexibility index (Phi) is 14.8. The van der Waals surface area contributed by atoms with Crippen molar-refractivity contribution in [2.75, 3.05) is 26.2 Å². The fraction of sp³-hybridized carbons (Fsp3) is 0.929. The largest absolute Gasteiger partial charge is 0.317 e. The third-order valence-corrected chi connectivity index (χ3v) is 2.77. The topological polar surface area (TPSA) is 24.1 Å². The summed E-state index contributed by atoms with van der Waals surface area (Å²) in [7, 11) is 0. The van der Waals surface area contributed by atoms with Gasteiger partial charge in [0, 0.05) is 0 Å². The maximum Gasteiger partial charge on any atom is -0.00368 e. The molecule has 0 rings (SSSR count). The molecule has 1 radical (unpaired) electrons. The molecule has 0 spiro atoms.